The maximum atomic E-state index is 12.0. The molecule has 0 unspecified atom stereocenters. The van der Waals surface area contributed by atoms with Crippen molar-refractivity contribution in [3.05, 3.63) is 63.1 Å². The van der Waals surface area contributed by atoms with Crippen LogP contribution in [0.1, 0.15) is 9.88 Å². The summed E-state index contributed by atoms with van der Waals surface area (Å²) >= 11 is 3.09. The molecule has 0 fully saturated rings. The SMILES string of the molecule is Cc1nc(-c2cccc(NC(=O)COC(=O)/C=C/c3cccs3)c2)cs1. The molecule has 0 radical (unpaired) electrons. The van der Waals surface area contributed by atoms with Gasteiger partial charge in [-0.3, -0.25) is 4.79 Å². The van der Waals surface area contributed by atoms with Crippen molar-refractivity contribution >= 4 is 46.3 Å². The zero-order chi connectivity index (χ0) is 18.4. The van der Waals surface area contributed by atoms with Crippen LogP contribution in [-0.2, 0) is 14.3 Å². The van der Waals surface area contributed by atoms with E-state index >= 15 is 0 Å². The van der Waals surface area contributed by atoms with Gasteiger partial charge in [-0.15, -0.1) is 22.7 Å². The Labute approximate surface area is 159 Å². The average Bonchev–Trinajstić information content (AvgIpc) is 3.30. The second-order valence-corrected chi connectivity index (χ2v) is 7.38. The average molecular weight is 384 g/mol. The zero-order valence-electron chi connectivity index (χ0n) is 14.0. The van der Waals surface area contributed by atoms with Crippen LogP contribution in [0.25, 0.3) is 17.3 Å². The van der Waals surface area contributed by atoms with E-state index in [-0.39, 0.29) is 6.61 Å². The number of nitrogens with one attached hydrogen (secondary N) is 1. The van der Waals surface area contributed by atoms with E-state index in [0.29, 0.717) is 5.69 Å². The van der Waals surface area contributed by atoms with Crippen LogP contribution < -0.4 is 5.32 Å². The van der Waals surface area contributed by atoms with Gasteiger partial charge in [0.1, 0.15) is 0 Å². The third-order valence-corrected chi connectivity index (χ3v) is 4.94. The van der Waals surface area contributed by atoms with Gasteiger partial charge in [0.2, 0.25) is 0 Å². The van der Waals surface area contributed by atoms with Crippen LogP contribution in [-0.4, -0.2) is 23.5 Å². The molecule has 26 heavy (non-hydrogen) atoms. The third-order valence-electron chi connectivity index (χ3n) is 3.33. The molecule has 7 heteroatoms. The zero-order valence-corrected chi connectivity index (χ0v) is 15.6. The number of amides is 1. The lowest BCUT2D eigenvalue weighted by Gasteiger charge is -2.06. The molecule has 5 nitrogen and oxygen atoms in total. The van der Waals surface area contributed by atoms with Crippen molar-refractivity contribution in [1.82, 2.24) is 4.98 Å². The number of anilines is 1. The topological polar surface area (TPSA) is 68.3 Å². The molecule has 1 aromatic carbocycles. The number of carbonyl (C=O) groups is 2. The van der Waals surface area contributed by atoms with Crippen LogP contribution >= 0.6 is 22.7 Å². The van der Waals surface area contributed by atoms with Gasteiger partial charge in [0.05, 0.1) is 10.7 Å². The summed E-state index contributed by atoms with van der Waals surface area (Å²) in [5, 5.41) is 7.59. The Hall–Kier alpha value is -2.77. The molecule has 0 spiro atoms. The first kappa shape index (κ1) is 18.0. The lowest BCUT2D eigenvalue weighted by atomic mass is 10.1. The number of ether oxygens (including phenoxy) is 1. The molecule has 1 N–H and O–H groups in total. The molecule has 2 aromatic heterocycles. The number of rotatable bonds is 6. The lowest BCUT2D eigenvalue weighted by molar-refractivity contribution is -0.142. The van der Waals surface area contributed by atoms with Crippen molar-refractivity contribution in [2.75, 3.05) is 11.9 Å². The Balaban J connectivity index is 1.52. The molecule has 3 rings (SSSR count). The summed E-state index contributed by atoms with van der Waals surface area (Å²) in [4.78, 5) is 29.0. The largest absolute Gasteiger partial charge is 0.452 e. The van der Waals surface area contributed by atoms with E-state index in [9.17, 15) is 9.59 Å². The number of thiazole rings is 1. The maximum absolute atomic E-state index is 12.0. The molecule has 0 bridgehead atoms. The standard InChI is InChI=1S/C19H16N2O3S2/c1-13-20-17(12-26-13)14-4-2-5-15(10-14)21-18(22)11-24-19(23)8-7-16-6-3-9-25-16/h2-10,12H,11H2,1H3,(H,21,22)/b8-7+. The van der Waals surface area contributed by atoms with Gasteiger partial charge in [0.15, 0.2) is 6.61 Å². The first-order valence-electron chi connectivity index (χ1n) is 7.81. The highest BCUT2D eigenvalue weighted by Crippen LogP contribution is 2.24. The maximum Gasteiger partial charge on any atom is 0.331 e. The summed E-state index contributed by atoms with van der Waals surface area (Å²) < 4.78 is 4.95. The lowest BCUT2D eigenvalue weighted by Crippen LogP contribution is -2.20. The number of aromatic nitrogens is 1. The second-order valence-electron chi connectivity index (χ2n) is 5.34. The summed E-state index contributed by atoms with van der Waals surface area (Å²) in [5.74, 6) is -0.949. The highest BCUT2D eigenvalue weighted by molar-refractivity contribution is 7.10. The van der Waals surface area contributed by atoms with Gasteiger partial charge in [-0.2, -0.15) is 0 Å². The van der Waals surface area contributed by atoms with Crippen LogP contribution in [0.4, 0.5) is 5.69 Å². The number of aryl methyl sites for hydroxylation is 1. The van der Waals surface area contributed by atoms with E-state index < -0.39 is 11.9 Å². The highest BCUT2D eigenvalue weighted by Gasteiger charge is 2.08. The number of hydrogen-bond acceptors (Lipinski definition) is 6. The van der Waals surface area contributed by atoms with Gasteiger partial charge >= 0.3 is 5.97 Å². The molecule has 0 saturated heterocycles. The van der Waals surface area contributed by atoms with E-state index in [1.165, 1.54) is 17.4 Å². The van der Waals surface area contributed by atoms with E-state index in [1.807, 2.05) is 48.0 Å². The fourth-order valence-corrected chi connectivity index (χ4v) is 3.41. The van der Waals surface area contributed by atoms with Gasteiger partial charge < -0.3 is 10.1 Å². The Bertz CT molecular complexity index is 930. The monoisotopic (exact) mass is 384 g/mol. The molecule has 0 aliphatic heterocycles. The van der Waals surface area contributed by atoms with Crippen LogP contribution in [0.3, 0.4) is 0 Å². The van der Waals surface area contributed by atoms with Crippen molar-refractivity contribution in [3.63, 3.8) is 0 Å². The van der Waals surface area contributed by atoms with Gasteiger partial charge in [-0.05, 0) is 36.6 Å². The second kappa shape index (κ2) is 8.55. The van der Waals surface area contributed by atoms with Gasteiger partial charge in [0.25, 0.3) is 5.91 Å². The van der Waals surface area contributed by atoms with Crippen LogP contribution in [0, 0.1) is 6.92 Å². The van der Waals surface area contributed by atoms with E-state index in [2.05, 4.69) is 10.3 Å². The van der Waals surface area contributed by atoms with Crippen molar-refractivity contribution < 1.29 is 14.3 Å². The minimum Gasteiger partial charge on any atom is -0.452 e. The smallest absolute Gasteiger partial charge is 0.331 e. The summed E-state index contributed by atoms with van der Waals surface area (Å²) in [6.07, 6.45) is 2.97. The van der Waals surface area contributed by atoms with Crippen molar-refractivity contribution in [2.45, 2.75) is 6.92 Å². The molecule has 0 atom stereocenters. The minimum atomic E-state index is -0.555. The normalized spacial score (nSPS) is 10.8. The fourth-order valence-electron chi connectivity index (χ4n) is 2.17. The van der Waals surface area contributed by atoms with Gasteiger partial charge in [-0.1, -0.05) is 18.2 Å². The Morgan fingerprint density at radius 2 is 2.12 bits per heavy atom. The molecule has 0 aliphatic rings. The molecular formula is C19H16N2O3S2. The molecule has 132 valence electrons. The Kier molecular flexibility index (Phi) is 5.93. The molecule has 0 saturated carbocycles. The number of thiophene rings is 1. The summed E-state index contributed by atoms with van der Waals surface area (Å²) in [6.45, 7) is 1.61. The van der Waals surface area contributed by atoms with Crippen LogP contribution in [0.15, 0.2) is 53.2 Å². The van der Waals surface area contributed by atoms with Gasteiger partial charge in [-0.25, -0.2) is 9.78 Å². The van der Waals surface area contributed by atoms with E-state index in [1.54, 1.807) is 23.5 Å². The molecule has 3 aromatic rings. The third kappa shape index (κ3) is 5.11. The number of hydrogen-bond donors (Lipinski definition) is 1. The minimum absolute atomic E-state index is 0.340. The van der Waals surface area contributed by atoms with Crippen molar-refractivity contribution in [1.29, 1.82) is 0 Å². The predicted octanol–water partition coefficient (Wildman–Crippen LogP) is 4.38. The summed E-state index contributed by atoms with van der Waals surface area (Å²) in [5.41, 5.74) is 2.42. The van der Waals surface area contributed by atoms with Crippen LogP contribution in [0.2, 0.25) is 0 Å². The number of esters is 1. The Morgan fingerprint density at radius 3 is 2.85 bits per heavy atom. The predicted molar refractivity (Wildman–Crippen MR) is 105 cm³/mol. The number of nitrogens with zero attached hydrogens (tertiary/aromatic N) is 1. The van der Waals surface area contributed by atoms with E-state index in [0.717, 1.165) is 21.1 Å². The summed E-state index contributed by atoms with van der Waals surface area (Å²) in [7, 11) is 0. The number of benzene rings is 1. The quantitative estimate of drug-likeness (QED) is 0.506. The fraction of sp³-hybridized carbons (Fsp3) is 0.105. The highest BCUT2D eigenvalue weighted by atomic mass is 32.1. The number of carbonyl (C=O) groups excluding carboxylic acids is 2. The molecule has 1 amide bonds. The van der Waals surface area contributed by atoms with Crippen LogP contribution in [0.5, 0.6) is 0 Å². The Morgan fingerprint density at radius 1 is 1.23 bits per heavy atom. The van der Waals surface area contributed by atoms with Gasteiger partial charge in [0, 0.05) is 27.6 Å². The van der Waals surface area contributed by atoms with Crippen molar-refractivity contribution in [2.24, 2.45) is 0 Å². The van der Waals surface area contributed by atoms with Crippen molar-refractivity contribution in [3.8, 4) is 11.3 Å². The molecular weight excluding hydrogens is 368 g/mol. The molecule has 2 heterocycles. The molecule has 0 aliphatic carbocycles. The first-order chi connectivity index (χ1) is 12.6. The van der Waals surface area contributed by atoms with E-state index in [4.69, 9.17) is 4.74 Å². The first-order valence-corrected chi connectivity index (χ1v) is 9.57. The summed E-state index contributed by atoms with van der Waals surface area (Å²) in [6, 6.07) is 11.2.